The molecule has 0 aliphatic carbocycles. The Morgan fingerprint density at radius 1 is 1.22 bits per heavy atom. The second-order valence-corrected chi connectivity index (χ2v) is 5.97. The molecular weight excluding hydrogens is 288 g/mol. The van der Waals surface area contributed by atoms with Crippen LogP contribution in [0.3, 0.4) is 0 Å². The van der Waals surface area contributed by atoms with Gasteiger partial charge in [-0.05, 0) is 37.1 Å². The van der Waals surface area contributed by atoms with Crippen LogP contribution in [-0.2, 0) is 0 Å². The van der Waals surface area contributed by atoms with E-state index in [1.165, 1.54) is 0 Å². The number of carbonyl (C=O) groups excluding carboxylic acids is 1. The van der Waals surface area contributed by atoms with E-state index in [-0.39, 0.29) is 11.8 Å². The lowest BCUT2D eigenvalue weighted by molar-refractivity contribution is 0.0704. The van der Waals surface area contributed by atoms with Gasteiger partial charge in [0.2, 0.25) is 0 Å². The molecule has 1 fully saturated rings. The van der Waals surface area contributed by atoms with Crippen molar-refractivity contribution in [3.05, 3.63) is 60.2 Å². The van der Waals surface area contributed by atoms with Crippen LogP contribution >= 0.6 is 0 Å². The zero-order valence-electron chi connectivity index (χ0n) is 12.8. The Labute approximate surface area is 134 Å². The molecule has 23 heavy (non-hydrogen) atoms. The number of aromatic amines is 1. The molecule has 3 aromatic rings. The van der Waals surface area contributed by atoms with Crippen molar-refractivity contribution in [3.63, 3.8) is 0 Å². The molecule has 0 radical (unpaired) electrons. The fourth-order valence-corrected chi connectivity index (χ4v) is 3.22. The van der Waals surface area contributed by atoms with Crippen LogP contribution in [0.25, 0.3) is 11.0 Å². The van der Waals surface area contributed by atoms with Gasteiger partial charge in [-0.15, -0.1) is 0 Å². The number of nitrogens with zero attached hydrogens (tertiary/aromatic N) is 3. The molecule has 1 aliphatic heterocycles. The molecule has 1 amide bonds. The number of H-pyrrole nitrogens is 1. The number of rotatable bonds is 2. The average Bonchev–Trinajstić information content (AvgIpc) is 3.06. The minimum atomic E-state index is 0.0545. The minimum absolute atomic E-state index is 0.0545. The summed E-state index contributed by atoms with van der Waals surface area (Å²) >= 11 is 0. The van der Waals surface area contributed by atoms with Gasteiger partial charge in [-0.2, -0.15) is 0 Å². The SMILES string of the molecule is O=C(c1cccnc1)N1CCCC(c2nc3ccccc3[nH]2)C1. The molecule has 1 N–H and O–H groups in total. The van der Waals surface area contributed by atoms with E-state index in [0.717, 1.165) is 36.2 Å². The van der Waals surface area contributed by atoms with Gasteiger partial charge in [0, 0.05) is 31.4 Å². The van der Waals surface area contributed by atoms with Crippen molar-refractivity contribution in [1.82, 2.24) is 19.9 Å². The number of amides is 1. The van der Waals surface area contributed by atoms with Gasteiger partial charge in [-0.3, -0.25) is 9.78 Å². The molecular formula is C18H18N4O. The number of carbonyl (C=O) groups is 1. The smallest absolute Gasteiger partial charge is 0.255 e. The molecule has 2 aromatic heterocycles. The summed E-state index contributed by atoms with van der Waals surface area (Å²) in [5.41, 5.74) is 2.69. The second-order valence-electron chi connectivity index (χ2n) is 5.97. The van der Waals surface area contributed by atoms with E-state index in [9.17, 15) is 4.79 Å². The predicted octanol–water partition coefficient (Wildman–Crippen LogP) is 2.98. The van der Waals surface area contributed by atoms with Gasteiger partial charge in [0.25, 0.3) is 5.91 Å². The average molecular weight is 306 g/mol. The molecule has 1 aliphatic rings. The van der Waals surface area contributed by atoms with Gasteiger partial charge in [0.15, 0.2) is 0 Å². The van der Waals surface area contributed by atoms with Crippen molar-refractivity contribution < 1.29 is 4.79 Å². The number of likely N-dealkylation sites (tertiary alicyclic amines) is 1. The molecule has 0 saturated carbocycles. The lowest BCUT2D eigenvalue weighted by Crippen LogP contribution is -2.39. The van der Waals surface area contributed by atoms with Crippen LogP contribution in [0.1, 0.15) is 34.9 Å². The Hall–Kier alpha value is -2.69. The Kier molecular flexibility index (Phi) is 3.54. The van der Waals surface area contributed by atoms with E-state index in [4.69, 9.17) is 4.98 Å². The van der Waals surface area contributed by atoms with Crippen LogP contribution in [0.5, 0.6) is 0 Å². The number of pyridine rings is 1. The fourth-order valence-electron chi connectivity index (χ4n) is 3.22. The quantitative estimate of drug-likeness (QED) is 0.791. The molecule has 5 heteroatoms. The fraction of sp³-hybridized carbons (Fsp3) is 0.278. The van der Waals surface area contributed by atoms with Gasteiger partial charge in [-0.25, -0.2) is 4.98 Å². The molecule has 0 spiro atoms. The lowest BCUT2D eigenvalue weighted by Gasteiger charge is -2.31. The Balaban J connectivity index is 1.56. The van der Waals surface area contributed by atoms with Crippen molar-refractivity contribution in [2.75, 3.05) is 13.1 Å². The van der Waals surface area contributed by atoms with Crippen molar-refractivity contribution in [1.29, 1.82) is 0 Å². The Morgan fingerprint density at radius 3 is 2.96 bits per heavy atom. The van der Waals surface area contributed by atoms with E-state index in [2.05, 4.69) is 9.97 Å². The molecule has 0 bridgehead atoms. The van der Waals surface area contributed by atoms with Crippen molar-refractivity contribution >= 4 is 16.9 Å². The van der Waals surface area contributed by atoms with E-state index in [0.29, 0.717) is 12.1 Å². The number of imidazole rings is 1. The predicted molar refractivity (Wildman–Crippen MR) is 88.2 cm³/mol. The van der Waals surface area contributed by atoms with Gasteiger partial charge in [0.1, 0.15) is 5.82 Å². The summed E-state index contributed by atoms with van der Waals surface area (Å²) in [5, 5.41) is 0. The lowest BCUT2D eigenvalue weighted by atomic mass is 9.97. The topological polar surface area (TPSA) is 61.9 Å². The van der Waals surface area contributed by atoms with Crippen LogP contribution in [0.2, 0.25) is 0 Å². The summed E-state index contributed by atoms with van der Waals surface area (Å²) in [6, 6.07) is 11.7. The van der Waals surface area contributed by atoms with E-state index < -0.39 is 0 Å². The minimum Gasteiger partial charge on any atom is -0.342 e. The molecule has 1 unspecified atom stereocenters. The zero-order chi connectivity index (χ0) is 15.6. The molecule has 1 saturated heterocycles. The summed E-state index contributed by atoms with van der Waals surface area (Å²) < 4.78 is 0. The Bertz CT molecular complexity index is 794. The molecule has 5 nitrogen and oxygen atoms in total. The van der Waals surface area contributed by atoms with E-state index in [1.54, 1.807) is 18.5 Å². The molecule has 1 aromatic carbocycles. The summed E-state index contributed by atoms with van der Waals surface area (Å²) in [5.74, 6) is 1.30. The molecule has 4 rings (SSSR count). The van der Waals surface area contributed by atoms with Crippen LogP contribution in [-0.4, -0.2) is 38.8 Å². The molecule has 3 heterocycles. The first kappa shape index (κ1) is 13.9. The first-order valence-electron chi connectivity index (χ1n) is 7.95. The normalized spacial score (nSPS) is 18.3. The summed E-state index contributed by atoms with van der Waals surface area (Å²) in [6.45, 7) is 1.50. The number of benzene rings is 1. The second kappa shape index (κ2) is 5.83. The van der Waals surface area contributed by atoms with Gasteiger partial charge in [0.05, 0.1) is 16.6 Å². The first-order valence-corrected chi connectivity index (χ1v) is 7.95. The molecule has 1 atom stereocenters. The van der Waals surface area contributed by atoms with Crippen LogP contribution in [0, 0.1) is 0 Å². The number of hydrogen-bond donors (Lipinski definition) is 1. The van der Waals surface area contributed by atoms with E-state index >= 15 is 0 Å². The van der Waals surface area contributed by atoms with Gasteiger partial charge >= 0.3 is 0 Å². The van der Waals surface area contributed by atoms with Gasteiger partial charge in [-0.1, -0.05) is 12.1 Å². The standard InChI is InChI=1S/C18H18N4O/c23-18(13-5-3-9-19-11-13)22-10-4-6-14(12-22)17-20-15-7-1-2-8-16(15)21-17/h1-3,5,7-9,11,14H,4,6,10,12H2,(H,20,21). The third kappa shape index (κ3) is 2.70. The maximum Gasteiger partial charge on any atom is 0.255 e. The van der Waals surface area contributed by atoms with Crippen LogP contribution in [0.4, 0.5) is 0 Å². The van der Waals surface area contributed by atoms with Crippen LogP contribution < -0.4 is 0 Å². The Morgan fingerprint density at radius 2 is 2.13 bits per heavy atom. The number of nitrogens with one attached hydrogen (secondary N) is 1. The number of aromatic nitrogens is 3. The van der Waals surface area contributed by atoms with Gasteiger partial charge < -0.3 is 9.88 Å². The number of fused-ring (bicyclic) bond motifs is 1. The maximum atomic E-state index is 12.6. The maximum absolute atomic E-state index is 12.6. The van der Waals surface area contributed by atoms with Crippen LogP contribution in [0.15, 0.2) is 48.8 Å². The highest BCUT2D eigenvalue weighted by atomic mass is 16.2. The molecule has 116 valence electrons. The number of hydrogen-bond acceptors (Lipinski definition) is 3. The number of para-hydroxylation sites is 2. The highest BCUT2D eigenvalue weighted by Crippen LogP contribution is 2.27. The summed E-state index contributed by atoms with van der Waals surface area (Å²) in [6.07, 6.45) is 5.36. The van der Waals surface area contributed by atoms with Crippen molar-refractivity contribution in [3.8, 4) is 0 Å². The number of piperidine rings is 1. The van der Waals surface area contributed by atoms with E-state index in [1.807, 2.05) is 35.2 Å². The summed E-state index contributed by atoms with van der Waals surface area (Å²) in [4.78, 5) is 26.7. The zero-order valence-corrected chi connectivity index (χ0v) is 12.8. The van der Waals surface area contributed by atoms with Crippen molar-refractivity contribution in [2.24, 2.45) is 0 Å². The third-order valence-corrected chi connectivity index (χ3v) is 4.41. The highest BCUT2D eigenvalue weighted by Gasteiger charge is 2.27. The van der Waals surface area contributed by atoms with Crippen molar-refractivity contribution in [2.45, 2.75) is 18.8 Å². The first-order chi connectivity index (χ1) is 11.3. The highest BCUT2D eigenvalue weighted by molar-refractivity contribution is 5.94. The largest absolute Gasteiger partial charge is 0.342 e. The summed E-state index contributed by atoms with van der Waals surface area (Å²) in [7, 11) is 0. The monoisotopic (exact) mass is 306 g/mol. The third-order valence-electron chi connectivity index (χ3n) is 4.41.